The highest BCUT2D eigenvalue weighted by molar-refractivity contribution is 5.19. The van der Waals surface area contributed by atoms with Gasteiger partial charge in [-0.05, 0) is 36.2 Å². The molecule has 0 aliphatic carbocycles. The second-order valence-electron chi connectivity index (χ2n) is 4.61. The smallest absolute Gasteiger partial charge is 0.0422 e. The van der Waals surface area contributed by atoms with Crippen LogP contribution in [0, 0.1) is 0 Å². The normalized spacial score (nSPS) is 12.3. The zero-order valence-corrected chi connectivity index (χ0v) is 11.6. The molecular weight excluding hydrogens is 234 g/mol. The van der Waals surface area contributed by atoms with Crippen molar-refractivity contribution in [2.45, 2.75) is 32.7 Å². The summed E-state index contributed by atoms with van der Waals surface area (Å²) in [6.45, 7) is 5.21. The second-order valence-corrected chi connectivity index (χ2v) is 4.61. The molecule has 0 saturated carbocycles. The van der Waals surface area contributed by atoms with Crippen molar-refractivity contribution in [2.75, 3.05) is 6.54 Å². The predicted molar refractivity (Wildman–Crippen MR) is 78.0 cm³/mol. The Morgan fingerprint density at radius 1 is 1.16 bits per heavy atom. The summed E-state index contributed by atoms with van der Waals surface area (Å²) in [5.74, 6) is 0. The highest BCUT2D eigenvalue weighted by atomic mass is 14.9. The van der Waals surface area contributed by atoms with Crippen molar-refractivity contribution in [3.8, 4) is 0 Å². The van der Waals surface area contributed by atoms with Gasteiger partial charge in [-0.15, -0.1) is 0 Å². The summed E-state index contributed by atoms with van der Waals surface area (Å²) in [6, 6.07) is 8.65. The number of nitrogens with one attached hydrogen (secondary N) is 1. The first-order chi connectivity index (χ1) is 9.33. The Morgan fingerprint density at radius 2 is 2.05 bits per heavy atom. The number of likely N-dealkylation sites (N-methyl/N-ethyl adjacent to an activating group) is 1. The molecule has 0 fully saturated rings. The van der Waals surface area contributed by atoms with Gasteiger partial charge in [0.25, 0.3) is 0 Å². The van der Waals surface area contributed by atoms with Crippen LogP contribution in [0.25, 0.3) is 0 Å². The summed E-state index contributed by atoms with van der Waals surface area (Å²) in [4.78, 5) is 8.73. The minimum atomic E-state index is 0.277. The lowest BCUT2D eigenvalue weighted by Crippen LogP contribution is -2.23. The molecule has 2 heterocycles. The first kappa shape index (κ1) is 13.7. The predicted octanol–water partition coefficient (Wildman–Crippen LogP) is 2.93. The van der Waals surface area contributed by atoms with Crippen molar-refractivity contribution >= 4 is 0 Å². The van der Waals surface area contributed by atoms with E-state index in [2.05, 4.69) is 47.3 Å². The molecule has 100 valence electrons. The minimum Gasteiger partial charge on any atom is -0.310 e. The molecule has 0 bridgehead atoms. The van der Waals surface area contributed by atoms with E-state index in [0.717, 1.165) is 25.1 Å². The van der Waals surface area contributed by atoms with E-state index in [4.69, 9.17) is 0 Å². The highest BCUT2D eigenvalue weighted by Gasteiger charge is 2.11. The lowest BCUT2D eigenvalue weighted by molar-refractivity contribution is 0.542. The van der Waals surface area contributed by atoms with Gasteiger partial charge < -0.3 is 5.32 Å². The molecule has 2 aromatic heterocycles. The third kappa shape index (κ3) is 3.86. The number of rotatable bonds is 6. The van der Waals surface area contributed by atoms with Crippen molar-refractivity contribution in [3.05, 3.63) is 59.7 Å². The molecule has 0 aromatic carbocycles. The zero-order valence-electron chi connectivity index (χ0n) is 11.6. The number of hydrogen-bond donors (Lipinski definition) is 1. The van der Waals surface area contributed by atoms with Crippen LogP contribution in [0.15, 0.2) is 42.9 Å². The summed E-state index contributed by atoms with van der Waals surface area (Å²) in [5, 5.41) is 3.50. The van der Waals surface area contributed by atoms with Gasteiger partial charge in [0.1, 0.15) is 0 Å². The van der Waals surface area contributed by atoms with Crippen LogP contribution >= 0.6 is 0 Å². The summed E-state index contributed by atoms with van der Waals surface area (Å²) < 4.78 is 0. The number of aromatic nitrogens is 2. The van der Waals surface area contributed by atoms with Gasteiger partial charge in [-0.2, -0.15) is 0 Å². The van der Waals surface area contributed by atoms with Crippen molar-refractivity contribution in [3.63, 3.8) is 0 Å². The van der Waals surface area contributed by atoms with Crippen LogP contribution in [-0.2, 0) is 12.8 Å². The molecule has 2 rings (SSSR count). The van der Waals surface area contributed by atoms with Crippen LogP contribution in [0.2, 0.25) is 0 Å². The molecule has 19 heavy (non-hydrogen) atoms. The molecule has 1 atom stereocenters. The SMILES string of the molecule is CCNC(Cc1ccc(CC)cn1)c1cccnc1. The van der Waals surface area contributed by atoms with E-state index in [1.54, 1.807) is 6.20 Å². The van der Waals surface area contributed by atoms with Gasteiger partial charge in [0.2, 0.25) is 0 Å². The van der Waals surface area contributed by atoms with Crippen LogP contribution < -0.4 is 5.32 Å². The van der Waals surface area contributed by atoms with Gasteiger partial charge in [-0.1, -0.05) is 26.0 Å². The van der Waals surface area contributed by atoms with E-state index < -0.39 is 0 Å². The van der Waals surface area contributed by atoms with Gasteiger partial charge in [0.15, 0.2) is 0 Å². The number of hydrogen-bond acceptors (Lipinski definition) is 3. The summed E-state index contributed by atoms with van der Waals surface area (Å²) in [6.07, 6.45) is 7.63. The van der Waals surface area contributed by atoms with Crippen LogP contribution in [0.5, 0.6) is 0 Å². The average molecular weight is 255 g/mol. The molecule has 0 spiro atoms. The summed E-state index contributed by atoms with van der Waals surface area (Å²) in [5.41, 5.74) is 3.61. The van der Waals surface area contributed by atoms with Gasteiger partial charge in [-0.25, -0.2) is 0 Å². The van der Waals surface area contributed by atoms with Gasteiger partial charge in [0, 0.05) is 36.7 Å². The number of aryl methyl sites for hydroxylation is 1. The van der Waals surface area contributed by atoms with E-state index in [0.29, 0.717) is 0 Å². The Morgan fingerprint density at radius 3 is 2.63 bits per heavy atom. The molecule has 1 unspecified atom stereocenters. The monoisotopic (exact) mass is 255 g/mol. The van der Waals surface area contributed by atoms with Crippen LogP contribution in [0.4, 0.5) is 0 Å². The Balaban J connectivity index is 2.11. The van der Waals surface area contributed by atoms with E-state index in [1.807, 2.05) is 18.5 Å². The molecule has 0 amide bonds. The fourth-order valence-electron chi connectivity index (χ4n) is 2.13. The average Bonchev–Trinajstić information content (AvgIpc) is 2.48. The third-order valence-corrected chi connectivity index (χ3v) is 3.24. The zero-order chi connectivity index (χ0) is 13.5. The molecule has 2 aromatic rings. The van der Waals surface area contributed by atoms with Gasteiger partial charge in [-0.3, -0.25) is 9.97 Å². The Bertz CT molecular complexity index is 479. The molecule has 0 saturated heterocycles. The maximum Gasteiger partial charge on any atom is 0.0422 e. The molecule has 0 aliphatic rings. The van der Waals surface area contributed by atoms with Crippen molar-refractivity contribution < 1.29 is 0 Å². The topological polar surface area (TPSA) is 37.8 Å². The third-order valence-electron chi connectivity index (χ3n) is 3.24. The molecule has 0 aliphatic heterocycles. The van der Waals surface area contributed by atoms with E-state index in [1.165, 1.54) is 11.1 Å². The van der Waals surface area contributed by atoms with Crippen molar-refractivity contribution in [1.29, 1.82) is 0 Å². The molecule has 3 heteroatoms. The van der Waals surface area contributed by atoms with Gasteiger partial charge in [0.05, 0.1) is 0 Å². The lowest BCUT2D eigenvalue weighted by Gasteiger charge is -2.17. The van der Waals surface area contributed by atoms with Crippen LogP contribution in [0.1, 0.15) is 36.7 Å². The van der Waals surface area contributed by atoms with E-state index >= 15 is 0 Å². The Labute approximate surface area is 115 Å². The minimum absolute atomic E-state index is 0.277. The Kier molecular flexibility index (Phi) is 5.04. The van der Waals surface area contributed by atoms with E-state index in [-0.39, 0.29) is 6.04 Å². The standard InChI is InChI=1S/C16H21N3/c1-3-13-7-8-15(19-11-13)10-16(18-4-2)14-6-5-9-17-12-14/h5-9,11-12,16,18H,3-4,10H2,1-2H3. The molecule has 3 nitrogen and oxygen atoms in total. The van der Waals surface area contributed by atoms with Crippen molar-refractivity contribution in [1.82, 2.24) is 15.3 Å². The van der Waals surface area contributed by atoms with Crippen molar-refractivity contribution in [2.24, 2.45) is 0 Å². The lowest BCUT2D eigenvalue weighted by atomic mass is 10.0. The first-order valence-corrected chi connectivity index (χ1v) is 6.90. The second kappa shape index (κ2) is 7.00. The quantitative estimate of drug-likeness (QED) is 0.862. The largest absolute Gasteiger partial charge is 0.310 e. The highest BCUT2D eigenvalue weighted by Crippen LogP contribution is 2.16. The van der Waals surface area contributed by atoms with Gasteiger partial charge >= 0.3 is 0 Å². The molecule has 1 N–H and O–H groups in total. The van der Waals surface area contributed by atoms with Crippen LogP contribution in [0.3, 0.4) is 0 Å². The summed E-state index contributed by atoms with van der Waals surface area (Å²) in [7, 11) is 0. The number of nitrogens with zero attached hydrogens (tertiary/aromatic N) is 2. The van der Waals surface area contributed by atoms with Crippen LogP contribution in [-0.4, -0.2) is 16.5 Å². The fraction of sp³-hybridized carbons (Fsp3) is 0.375. The maximum atomic E-state index is 4.54. The van der Waals surface area contributed by atoms with E-state index in [9.17, 15) is 0 Å². The fourth-order valence-corrected chi connectivity index (χ4v) is 2.13. The summed E-state index contributed by atoms with van der Waals surface area (Å²) >= 11 is 0. The first-order valence-electron chi connectivity index (χ1n) is 6.90. The molecular formula is C16H21N3. The Hall–Kier alpha value is -1.74. The molecule has 0 radical (unpaired) electrons. The maximum absolute atomic E-state index is 4.54. The number of pyridine rings is 2.